The maximum Gasteiger partial charge on any atom is 0.332 e. The lowest BCUT2D eigenvalue weighted by Crippen LogP contribution is -2.43. The van der Waals surface area contributed by atoms with E-state index in [0.717, 1.165) is 15.7 Å². The van der Waals surface area contributed by atoms with Crippen LogP contribution in [0.3, 0.4) is 0 Å². The van der Waals surface area contributed by atoms with Gasteiger partial charge in [-0.2, -0.15) is 5.10 Å². The van der Waals surface area contributed by atoms with Crippen molar-refractivity contribution in [2.45, 2.75) is 19.6 Å². The molecule has 0 saturated heterocycles. The van der Waals surface area contributed by atoms with Gasteiger partial charge in [-0.05, 0) is 17.2 Å². The van der Waals surface area contributed by atoms with Crippen LogP contribution in [0.5, 0.6) is 0 Å². The molecule has 0 bridgehead atoms. The van der Waals surface area contributed by atoms with Gasteiger partial charge in [0.25, 0.3) is 5.56 Å². The second-order valence-electron chi connectivity index (χ2n) is 7.01. The summed E-state index contributed by atoms with van der Waals surface area (Å²) in [4.78, 5) is 41.9. The molecular formula is C20H21N7O3. The van der Waals surface area contributed by atoms with Gasteiger partial charge in [0.2, 0.25) is 5.91 Å². The van der Waals surface area contributed by atoms with Gasteiger partial charge in [-0.3, -0.25) is 18.8 Å². The predicted octanol–water partition coefficient (Wildman–Crippen LogP) is -0.00510. The highest BCUT2D eigenvalue weighted by Gasteiger charge is 2.17. The first-order chi connectivity index (χ1) is 14.5. The molecule has 0 aliphatic carbocycles. The molecule has 10 nitrogen and oxygen atoms in total. The highest BCUT2D eigenvalue weighted by atomic mass is 16.2. The number of aryl methyl sites for hydroxylation is 2. The Morgan fingerprint density at radius 2 is 1.87 bits per heavy atom. The molecule has 0 saturated carbocycles. The molecular weight excluding hydrogens is 386 g/mol. The zero-order valence-corrected chi connectivity index (χ0v) is 16.6. The van der Waals surface area contributed by atoms with E-state index in [1.54, 1.807) is 17.9 Å². The number of benzene rings is 1. The van der Waals surface area contributed by atoms with Crippen molar-refractivity contribution in [3.8, 4) is 0 Å². The number of hydrogen-bond acceptors (Lipinski definition) is 5. The molecule has 0 atom stereocenters. The Morgan fingerprint density at radius 3 is 2.60 bits per heavy atom. The number of rotatable bonds is 6. The van der Waals surface area contributed by atoms with Crippen LogP contribution in [-0.4, -0.2) is 34.4 Å². The number of aromatic nitrogens is 6. The number of fused-ring (bicyclic) bond motifs is 1. The van der Waals surface area contributed by atoms with Gasteiger partial charge in [0.1, 0.15) is 6.54 Å². The van der Waals surface area contributed by atoms with Gasteiger partial charge in [0.05, 0.1) is 12.9 Å². The summed E-state index contributed by atoms with van der Waals surface area (Å²) < 4.78 is 5.53. The summed E-state index contributed by atoms with van der Waals surface area (Å²) in [6, 6.07) is 9.56. The number of hydrogen-bond donors (Lipinski definition) is 1. The third-order valence-electron chi connectivity index (χ3n) is 4.99. The molecule has 1 N–H and O–H groups in total. The lowest BCUT2D eigenvalue weighted by molar-refractivity contribution is -0.121. The van der Waals surface area contributed by atoms with Gasteiger partial charge in [-0.15, -0.1) is 0 Å². The summed E-state index contributed by atoms with van der Waals surface area (Å²) in [6.45, 7) is 0.490. The number of nitrogens with zero attached hydrogens (tertiary/aromatic N) is 6. The molecule has 0 unspecified atom stereocenters. The third-order valence-corrected chi connectivity index (χ3v) is 4.99. The zero-order chi connectivity index (χ0) is 21.3. The lowest BCUT2D eigenvalue weighted by atomic mass is 10.1. The van der Waals surface area contributed by atoms with Crippen LogP contribution in [-0.2, 0) is 38.5 Å². The first kappa shape index (κ1) is 19.4. The number of nitrogens with one attached hydrogen (secondary N) is 1. The fourth-order valence-corrected chi connectivity index (χ4v) is 3.38. The first-order valence-corrected chi connectivity index (χ1v) is 9.37. The Bertz CT molecular complexity index is 1330. The topological polar surface area (TPSA) is 109 Å². The average Bonchev–Trinajstić information content (AvgIpc) is 3.38. The standard InChI is InChI=1S/C20H21N7O3/c1-24-13-22-18-17(24)19(29)27(20(30)25(18)2)12-16(28)21-10-14-6-3-4-7-15(14)11-26-9-5-8-23-26/h3-9,13H,10-12H2,1-2H3,(H,21,28). The highest BCUT2D eigenvalue weighted by molar-refractivity contribution is 5.76. The maximum absolute atomic E-state index is 12.7. The first-order valence-electron chi connectivity index (χ1n) is 9.37. The smallest absolute Gasteiger partial charge is 0.332 e. The molecule has 4 aromatic rings. The van der Waals surface area contributed by atoms with Crippen LogP contribution in [0.25, 0.3) is 11.2 Å². The van der Waals surface area contributed by atoms with Crippen molar-refractivity contribution in [2.75, 3.05) is 0 Å². The van der Waals surface area contributed by atoms with Crippen LogP contribution < -0.4 is 16.6 Å². The monoisotopic (exact) mass is 407 g/mol. The Balaban J connectivity index is 1.52. The summed E-state index contributed by atoms with van der Waals surface area (Å²) in [7, 11) is 3.19. The van der Waals surface area contributed by atoms with Crippen LogP contribution in [0.1, 0.15) is 11.1 Å². The van der Waals surface area contributed by atoms with Crippen LogP contribution in [0.4, 0.5) is 0 Å². The van der Waals surface area contributed by atoms with E-state index < -0.39 is 17.2 Å². The molecule has 3 heterocycles. The Kier molecular flexibility index (Phi) is 5.05. The van der Waals surface area contributed by atoms with E-state index in [9.17, 15) is 14.4 Å². The van der Waals surface area contributed by atoms with Crippen LogP contribution in [0, 0.1) is 0 Å². The molecule has 0 radical (unpaired) electrons. The van der Waals surface area contributed by atoms with Crippen molar-refractivity contribution < 1.29 is 4.79 Å². The number of carbonyl (C=O) groups is 1. The van der Waals surface area contributed by atoms with Crippen molar-refractivity contribution in [3.05, 3.63) is 81.0 Å². The minimum atomic E-state index is -0.583. The van der Waals surface area contributed by atoms with E-state index in [0.29, 0.717) is 6.54 Å². The van der Waals surface area contributed by atoms with Crippen LogP contribution in [0.2, 0.25) is 0 Å². The van der Waals surface area contributed by atoms with Crippen LogP contribution in [0.15, 0.2) is 58.6 Å². The second kappa shape index (κ2) is 7.82. The quantitative estimate of drug-likeness (QED) is 0.484. The molecule has 0 spiro atoms. The van der Waals surface area contributed by atoms with Gasteiger partial charge < -0.3 is 9.88 Å². The van der Waals surface area contributed by atoms with Gasteiger partial charge in [0, 0.05) is 33.0 Å². The highest BCUT2D eigenvalue weighted by Crippen LogP contribution is 2.10. The van der Waals surface area contributed by atoms with E-state index in [4.69, 9.17) is 0 Å². The predicted molar refractivity (Wildman–Crippen MR) is 110 cm³/mol. The largest absolute Gasteiger partial charge is 0.350 e. The molecule has 10 heteroatoms. The lowest BCUT2D eigenvalue weighted by Gasteiger charge is -2.12. The van der Waals surface area contributed by atoms with Crippen molar-refractivity contribution in [2.24, 2.45) is 14.1 Å². The fraction of sp³-hybridized carbons (Fsp3) is 0.250. The van der Waals surface area contributed by atoms with E-state index in [1.807, 2.05) is 36.5 Å². The Hall–Kier alpha value is -3.95. The third kappa shape index (κ3) is 3.54. The maximum atomic E-state index is 12.7. The molecule has 154 valence electrons. The van der Waals surface area contributed by atoms with E-state index >= 15 is 0 Å². The molecule has 1 amide bonds. The minimum Gasteiger partial charge on any atom is -0.350 e. The van der Waals surface area contributed by atoms with E-state index in [1.165, 1.54) is 22.5 Å². The van der Waals surface area contributed by atoms with Crippen molar-refractivity contribution in [1.82, 2.24) is 33.8 Å². The van der Waals surface area contributed by atoms with Gasteiger partial charge in [-0.1, -0.05) is 24.3 Å². The number of carbonyl (C=O) groups excluding carboxylic acids is 1. The molecule has 0 aliphatic heterocycles. The van der Waals surface area contributed by atoms with Crippen molar-refractivity contribution in [1.29, 1.82) is 0 Å². The zero-order valence-electron chi connectivity index (χ0n) is 16.6. The summed E-state index contributed by atoms with van der Waals surface area (Å²) in [5.41, 5.74) is 1.39. The molecule has 30 heavy (non-hydrogen) atoms. The molecule has 4 rings (SSSR count). The van der Waals surface area contributed by atoms with Gasteiger partial charge in [-0.25, -0.2) is 14.3 Å². The molecule has 1 aromatic carbocycles. The van der Waals surface area contributed by atoms with Gasteiger partial charge in [0.15, 0.2) is 11.2 Å². The second-order valence-corrected chi connectivity index (χ2v) is 7.01. The van der Waals surface area contributed by atoms with Gasteiger partial charge >= 0.3 is 5.69 Å². The number of imidazole rings is 1. The SMILES string of the molecule is Cn1cnc2c1c(=O)n(CC(=O)NCc1ccccc1Cn1cccn1)c(=O)n2C. The number of amides is 1. The normalized spacial score (nSPS) is 11.1. The van der Waals surface area contributed by atoms with E-state index in [-0.39, 0.29) is 24.3 Å². The summed E-state index contributed by atoms with van der Waals surface area (Å²) >= 11 is 0. The molecule has 0 fully saturated rings. The average molecular weight is 407 g/mol. The van der Waals surface area contributed by atoms with Crippen LogP contribution >= 0.6 is 0 Å². The summed E-state index contributed by atoms with van der Waals surface area (Å²) in [6.07, 6.45) is 5.04. The summed E-state index contributed by atoms with van der Waals surface area (Å²) in [5.74, 6) is -0.426. The van der Waals surface area contributed by atoms with Crippen molar-refractivity contribution in [3.63, 3.8) is 0 Å². The Morgan fingerprint density at radius 1 is 1.10 bits per heavy atom. The van der Waals surface area contributed by atoms with E-state index in [2.05, 4.69) is 15.4 Å². The minimum absolute atomic E-state index is 0.273. The summed E-state index contributed by atoms with van der Waals surface area (Å²) in [5, 5.41) is 7.00. The molecule has 0 aliphatic rings. The molecule has 3 aromatic heterocycles. The Labute approximate surface area is 171 Å². The van der Waals surface area contributed by atoms with Crippen molar-refractivity contribution >= 4 is 17.1 Å². The fourth-order valence-electron chi connectivity index (χ4n) is 3.38.